The number of urea groups is 1. The SMILES string of the molecule is CC(O)O.O=C1NCCN1. The molecular formula is C5H12N2O3. The van der Waals surface area contributed by atoms with Crippen molar-refractivity contribution in [2.75, 3.05) is 13.1 Å². The molecule has 1 fully saturated rings. The first-order valence-electron chi connectivity index (χ1n) is 3.00. The molecule has 2 amide bonds. The van der Waals surface area contributed by atoms with Crippen molar-refractivity contribution in [2.24, 2.45) is 0 Å². The standard InChI is InChI=1S/C3H6N2O.C2H6O2/c6-3-4-1-2-5-3;1-2(3)4/h1-2H2,(H2,4,5,6);2-4H,1H3. The molecule has 1 saturated heterocycles. The molecule has 0 aromatic rings. The smallest absolute Gasteiger partial charge is 0.314 e. The van der Waals surface area contributed by atoms with Crippen molar-refractivity contribution in [1.29, 1.82) is 0 Å². The van der Waals surface area contributed by atoms with Crippen LogP contribution in [0.2, 0.25) is 0 Å². The van der Waals surface area contributed by atoms with Gasteiger partial charge in [0.05, 0.1) is 0 Å². The fourth-order valence-electron chi connectivity index (χ4n) is 0.415. The van der Waals surface area contributed by atoms with Crippen LogP contribution < -0.4 is 10.6 Å². The van der Waals surface area contributed by atoms with Gasteiger partial charge in [-0.05, 0) is 6.92 Å². The average molecular weight is 148 g/mol. The van der Waals surface area contributed by atoms with Gasteiger partial charge in [0, 0.05) is 13.1 Å². The van der Waals surface area contributed by atoms with E-state index in [0.717, 1.165) is 13.1 Å². The molecule has 10 heavy (non-hydrogen) atoms. The van der Waals surface area contributed by atoms with Gasteiger partial charge in [-0.2, -0.15) is 0 Å². The monoisotopic (exact) mass is 148 g/mol. The first-order chi connectivity index (χ1) is 4.63. The molecule has 0 saturated carbocycles. The summed E-state index contributed by atoms with van der Waals surface area (Å²) in [6, 6.07) is -0.0463. The molecule has 4 N–H and O–H groups in total. The van der Waals surface area contributed by atoms with Crippen molar-refractivity contribution in [1.82, 2.24) is 10.6 Å². The summed E-state index contributed by atoms with van der Waals surface area (Å²) >= 11 is 0. The highest BCUT2D eigenvalue weighted by molar-refractivity contribution is 5.75. The van der Waals surface area contributed by atoms with Crippen LogP contribution in [0.15, 0.2) is 0 Å². The van der Waals surface area contributed by atoms with Gasteiger partial charge in [-0.3, -0.25) is 0 Å². The lowest BCUT2D eigenvalue weighted by atomic mass is 10.7. The van der Waals surface area contributed by atoms with Gasteiger partial charge in [0.1, 0.15) is 6.29 Å². The minimum Gasteiger partial charge on any atom is -0.368 e. The molecule has 0 aromatic carbocycles. The molecule has 0 spiro atoms. The number of nitrogens with one attached hydrogen (secondary N) is 2. The van der Waals surface area contributed by atoms with Crippen molar-refractivity contribution in [3.05, 3.63) is 0 Å². The number of hydrogen-bond donors (Lipinski definition) is 4. The van der Waals surface area contributed by atoms with Crippen molar-refractivity contribution in [3.63, 3.8) is 0 Å². The largest absolute Gasteiger partial charge is 0.368 e. The zero-order valence-electron chi connectivity index (χ0n) is 5.79. The normalized spacial score (nSPS) is 15.4. The predicted octanol–water partition coefficient (Wildman–Crippen LogP) is -1.38. The van der Waals surface area contributed by atoms with E-state index in [1.807, 2.05) is 0 Å². The lowest BCUT2D eigenvalue weighted by molar-refractivity contribution is -0.0228. The lowest BCUT2D eigenvalue weighted by Crippen LogP contribution is -2.20. The molecule has 1 aliphatic rings. The van der Waals surface area contributed by atoms with Crippen LogP contribution in [0.5, 0.6) is 0 Å². The molecule has 0 unspecified atom stereocenters. The van der Waals surface area contributed by atoms with Crippen LogP contribution in [-0.4, -0.2) is 35.6 Å². The fourth-order valence-corrected chi connectivity index (χ4v) is 0.415. The van der Waals surface area contributed by atoms with E-state index in [-0.39, 0.29) is 6.03 Å². The summed E-state index contributed by atoms with van der Waals surface area (Å²) < 4.78 is 0. The Labute approximate surface area is 59.0 Å². The number of rotatable bonds is 0. The number of aliphatic hydroxyl groups excluding tert-OH is 1. The van der Waals surface area contributed by atoms with Gasteiger partial charge in [0.2, 0.25) is 0 Å². The van der Waals surface area contributed by atoms with Crippen LogP contribution in [0.25, 0.3) is 0 Å². The third kappa shape index (κ3) is 7.19. The summed E-state index contributed by atoms with van der Waals surface area (Å²) in [6.07, 6.45) is -1.17. The van der Waals surface area contributed by atoms with Crippen LogP contribution >= 0.6 is 0 Å². The first-order valence-corrected chi connectivity index (χ1v) is 3.00. The molecule has 1 heterocycles. The van der Waals surface area contributed by atoms with Crippen LogP contribution in [-0.2, 0) is 0 Å². The Hall–Kier alpha value is -0.810. The minimum atomic E-state index is -1.17. The minimum absolute atomic E-state index is 0.0463. The summed E-state index contributed by atoms with van der Waals surface area (Å²) in [5, 5.41) is 20.4. The Bertz CT molecular complexity index is 94.3. The molecule has 5 nitrogen and oxygen atoms in total. The van der Waals surface area contributed by atoms with Crippen molar-refractivity contribution in [3.8, 4) is 0 Å². The summed E-state index contributed by atoms with van der Waals surface area (Å²) in [6.45, 7) is 2.83. The molecule has 0 bridgehead atoms. The molecule has 0 atom stereocenters. The summed E-state index contributed by atoms with van der Waals surface area (Å²) in [4.78, 5) is 10.0. The van der Waals surface area contributed by atoms with E-state index < -0.39 is 6.29 Å². The summed E-state index contributed by atoms with van der Waals surface area (Å²) in [5.74, 6) is 0. The Balaban J connectivity index is 0.000000180. The second kappa shape index (κ2) is 5.01. The van der Waals surface area contributed by atoms with Crippen LogP contribution in [0.1, 0.15) is 6.92 Å². The Morgan fingerprint density at radius 3 is 1.80 bits per heavy atom. The fraction of sp³-hybridized carbons (Fsp3) is 0.800. The van der Waals surface area contributed by atoms with Gasteiger partial charge in [-0.15, -0.1) is 0 Å². The van der Waals surface area contributed by atoms with Crippen LogP contribution in [0.3, 0.4) is 0 Å². The zero-order chi connectivity index (χ0) is 7.98. The maximum atomic E-state index is 10.0. The second-order valence-corrected chi connectivity index (χ2v) is 1.81. The van der Waals surface area contributed by atoms with E-state index in [1.54, 1.807) is 0 Å². The highest BCUT2D eigenvalue weighted by atomic mass is 16.5. The van der Waals surface area contributed by atoms with Crippen molar-refractivity contribution < 1.29 is 15.0 Å². The second-order valence-electron chi connectivity index (χ2n) is 1.81. The van der Waals surface area contributed by atoms with Gasteiger partial charge < -0.3 is 20.8 Å². The van der Waals surface area contributed by atoms with Gasteiger partial charge in [-0.1, -0.05) is 0 Å². The van der Waals surface area contributed by atoms with Gasteiger partial charge in [0.25, 0.3) is 0 Å². The number of amides is 2. The van der Waals surface area contributed by atoms with Crippen LogP contribution in [0.4, 0.5) is 4.79 Å². The average Bonchev–Trinajstić information content (AvgIpc) is 2.15. The summed E-state index contributed by atoms with van der Waals surface area (Å²) in [5.41, 5.74) is 0. The lowest BCUT2D eigenvalue weighted by Gasteiger charge is -1.80. The quantitative estimate of drug-likeness (QED) is 0.319. The van der Waals surface area contributed by atoms with E-state index in [0.29, 0.717) is 0 Å². The molecule has 1 rings (SSSR count). The molecule has 5 heteroatoms. The molecule has 1 aliphatic heterocycles. The highest BCUT2D eigenvalue weighted by Crippen LogP contribution is 1.69. The van der Waals surface area contributed by atoms with E-state index in [4.69, 9.17) is 10.2 Å². The first kappa shape index (κ1) is 9.19. The molecule has 0 radical (unpaired) electrons. The maximum absolute atomic E-state index is 10.0. The molecule has 0 aliphatic carbocycles. The molecule has 60 valence electrons. The van der Waals surface area contributed by atoms with Crippen molar-refractivity contribution in [2.45, 2.75) is 13.2 Å². The van der Waals surface area contributed by atoms with Gasteiger partial charge >= 0.3 is 6.03 Å². The Kier molecular flexibility index (Phi) is 4.61. The van der Waals surface area contributed by atoms with Crippen molar-refractivity contribution >= 4 is 6.03 Å². The summed E-state index contributed by atoms with van der Waals surface area (Å²) in [7, 11) is 0. The predicted molar refractivity (Wildman–Crippen MR) is 35.3 cm³/mol. The zero-order valence-corrected chi connectivity index (χ0v) is 5.79. The van der Waals surface area contributed by atoms with Crippen LogP contribution in [0, 0.1) is 0 Å². The third-order valence-electron chi connectivity index (χ3n) is 0.696. The molecule has 0 aromatic heterocycles. The maximum Gasteiger partial charge on any atom is 0.314 e. The third-order valence-corrected chi connectivity index (χ3v) is 0.696. The van der Waals surface area contributed by atoms with Gasteiger partial charge in [0.15, 0.2) is 0 Å². The number of carbonyl (C=O) groups is 1. The molecular weight excluding hydrogens is 136 g/mol. The topological polar surface area (TPSA) is 81.6 Å². The number of aliphatic hydroxyl groups is 2. The Morgan fingerprint density at radius 1 is 1.40 bits per heavy atom. The van der Waals surface area contributed by atoms with E-state index >= 15 is 0 Å². The Morgan fingerprint density at radius 2 is 1.70 bits per heavy atom. The van der Waals surface area contributed by atoms with E-state index in [2.05, 4.69) is 10.6 Å². The highest BCUT2D eigenvalue weighted by Gasteiger charge is 2.02. The number of carbonyl (C=O) groups excluding carboxylic acids is 1. The van der Waals surface area contributed by atoms with Gasteiger partial charge in [-0.25, -0.2) is 4.79 Å². The van der Waals surface area contributed by atoms with E-state index in [1.165, 1.54) is 6.92 Å². The number of hydrogen-bond acceptors (Lipinski definition) is 3. The van der Waals surface area contributed by atoms with E-state index in [9.17, 15) is 4.79 Å².